The molecule has 4 rings (SSSR count). The van der Waals surface area contributed by atoms with Crippen molar-refractivity contribution in [2.45, 2.75) is 24.7 Å². The zero-order valence-electron chi connectivity index (χ0n) is 11.6. The Kier molecular flexibility index (Phi) is 2.56. The van der Waals surface area contributed by atoms with Crippen LogP contribution in [0.2, 0.25) is 0 Å². The van der Waals surface area contributed by atoms with E-state index in [9.17, 15) is 8.42 Å². The first-order valence-corrected chi connectivity index (χ1v) is 8.78. The molecule has 3 atom stereocenters. The van der Waals surface area contributed by atoms with Crippen LogP contribution in [-0.2, 0) is 10.0 Å². The van der Waals surface area contributed by atoms with Crippen LogP contribution in [0.25, 0.3) is 0 Å². The summed E-state index contributed by atoms with van der Waals surface area (Å²) in [4.78, 5) is 0.398. The van der Waals surface area contributed by atoms with Gasteiger partial charge in [0.05, 0.1) is 4.90 Å². The normalized spacial score (nSPS) is 32.0. The lowest BCUT2D eigenvalue weighted by atomic mass is 10.2. The third kappa shape index (κ3) is 1.89. The molecular formula is C16H19NO2S. The van der Waals surface area contributed by atoms with Crippen LogP contribution in [0.1, 0.15) is 18.4 Å². The number of sulfonamides is 1. The van der Waals surface area contributed by atoms with Crippen LogP contribution in [0, 0.1) is 30.6 Å². The number of aryl methyl sites for hydroxylation is 1. The Morgan fingerprint density at radius 1 is 1.15 bits per heavy atom. The number of hydrogen-bond acceptors (Lipinski definition) is 2. The lowest BCUT2D eigenvalue weighted by molar-refractivity contribution is 0.452. The topological polar surface area (TPSA) is 37.4 Å². The maximum Gasteiger partial charge on any atom is 0.263 e. The molecule has 3 unspecified atom stereocenters. The Hall–Kier alpha value is -1.29. The Balaban J connectivity index is 1.57. The molecule has 0 amide bonds. The van der Waals surface area contributed by atoms with Crippen LogP contribution < -0.4 is 0 Å². The Labute approximate surface area is 120 Å². The number of hydrogen-bond donors (Lipinski definition) is 0. The van der Waals surface area contributed by atoms with Gasteiger partial charge >= 0.3 is 0 Å². The number of fused-ring (bicyclic) bond motifs is 1. The molecule has 3 nitrogen and oxygen atoms in total. The van der Waals surface area contributed by atoms with E-state index in [2.05, 4.69) is 6.08 Å². The Morgan fingerprint density at radius 2 is 1.85 bits per heavy atom. The first kappa shape index (κ1) is 12.5. The average molecular weight is 289 g/mol. The van der Waals surface area contributed by atoms with E-state index in [1.54, 1.807) is 22.6 Å². The summed E-state index contributed by atoms with van der Waals surface area (Å²) in [6.07, 6.45) is 6.59. The van der Waals surface area contributed by atoms with E-state index in [0.29, 0.717) is 23.3 Å². The van der Waals surface area contributed by atoms with Crippen LogP contribution in [0.4, 0.5) is 0 Å². The predicted molar refractivity (Wildman–Crippen MR) is 77.4 cm³/mol. The van der Waals surface area contributed by atoms with Crippen molar-refractivity contribution >= 4 is 10.0 Å². The molecule has 0 bridgehead atoms. The van der Waals surface area contributed by atoms with Gasteiger partial charge in [0, 0.05) is 12.7 Å². The molecule has 20 heavy (non-hydrogen) atoms. The fourth-order valence-corrected chi connectivity index (χ4v) is 4.93. The van der Waals surface area contributed by atoms with Gasteiger partial charge in [0.1, 0.15) is 0 Å². The van der Waals surface area contributed by atoms with Crippen LogP contribution in [0.3, 0.4) is 0 Å². The van der Waals surface area contributed by atoms with Gasteiger partial charge in [-0.1, -0.05) is 23.8 Å². The van der Waals surface area contributed by atoms with E-state index in [0.717, 1.165) is 17.4 Å². The minimum atomic E-state index is -3.37. The third-order valence-corrected chi connectivity index (χ3v) is 6.71. The summed E-state index contributed by atoms with van der Waals surface area (Å²) in [5.74, 6) is 2.83. The van der Waals surface area contributed by atoms with Gasteiger partial charge in [0.2, 0.25) is 0 Å². The van der Waals surface area contributed by atoms with E-state index >= 15 is 0 Å². The number of rotatable bonds is 3. The zero-order valence-corrected chi connectivity index (χ0v) is 12.4. The van der Waals surface area contributed by atoms with Crippen molar-refractivity contribution in [3.05, 3.63) is 42.1 Å². The number of benzene rings is 1. The van der Waals surface area contributed by atoms with Crippen LogP contribution in [-0.4, -0.2) is 19.3 Å². The summed E-state index contributed by atoms with van der Waals surface area (Å²) in [5.41, 5.74) is 1.08. The SMILES string of the molecule is Cc1ccc(S(=O)(=O)N2C=CC3C(C2)C3C2CC2)cc1. The van der Waals surface area contributed by atoms with Crippen molar-refractivity contribution in [1.29, 1.82) is 0 Å². The summed E-state index contributed by atoms with van der Waals surface area (Å²) in [5, 5.41) is 0. The molecule has 1 aliphatic heterocycles. The Bertz CT molecular complexity index is 658. The maximum atomic E-state index is 12.6. The maximum absolute atomic E-state index is 12.6. The molecule has 1 aromatic rings. The summed E-state index contributed by atoms with van der Waals surface area (Å²) in [6.45, 7) is 2.63. The van der Waals surface area contributed by atoms with Crippen molar-refractivity contribution in [3.63, 3.8) is 0 Å². The number of nitrogens with zero attached hydrogens (tertiary/aromatic N) is 1. The molecule has 3 aliphatic rings. The fraction of sp³-hybridized carbons (Fsp3) is 0.500. The summed E-state index contributed by atoms with van der Waals surface area (Å²) in [6, 6.07) is 7.12. The largest absolute Gasteiger partial charge is 0.273 e. The van der Waals surface area contributed by atoms with Gasteiger partial charge < -0.3 is 0 Å². The third-order valence-electron chi connectivity index (χ3n) is 4.95. The quantitative estimate of drug-likeness (QED) is 0.858. The molecular weight excluding hydrogens is 270 g/mol. The molecule has 0 aromatic heterocycles. The highest BCUT2D eigenvalue weighted by Crippen LogP contribution is 2.61. The van der Waals surface area contributed by atoms with Crippen molar-refractivity contribution in [1.82, 2.24) is 4.31 Å². The van der Waals surface area contributed by atoms with Crippen LogP contribution in [0.15, 0.2) is 41.4 Å². The van der Waals surface area contributed by atoms with E-state index in [4.69, 9.17) is 0 Å². The fourth-order valence-electron chi connectivity index (χ4n) is 3.58. The highest BCUT2D eigenvalue weighted by molar-refractivity contribution is 7.89. The molecule has 2 fully saturated rings. The lowest BCUT2D eigenvalue weighted by Gasteiger charge is -2.23. The lowest BCUT2D eigenvalue weighted by Crippen LogP contribution is -2.30. The molecule has 1 aromatic carbocycles. The Morgan fingerprint density at radius 3 is 2.50 bits per heavy atom. The summed E-state index contributed by atoms with van der Waals surface area (Å²) in [7, 11) is -3.37. The van der Waals surface area contributed by atoms with Gasteiger partial charge in [0.25, 0.3) is 10.0 Å². The first-order valence-electron chi connectivity index (χ1n) is 7.34. The summed E-state index contributed by atoms with van der Waals surface area (Å²) >= 11 is 0. The van der Waals surface area contributed by atoms with Gasteiger partial charge in [-0.3, -0.25) is 4.31 Å². The smallest absolute Gasteiger partial charge is 0.263 e. The molecule has 0 N–H and O–H groups in total. The average Bonchev–Trinajstić information content (AvgIpc) is 3.31. The van der Waals surface area contributed by atoms with E-state index < -0.39 is 10.0 Å². The first-order chi connectivity index (χ1) is 9.57. The van der Waals surface area contributed by atoms with Gasteiger partial charge in [-0.05, 0) is 55.6 Å². The monoisotopic (exact) mass is 289 g/mol. The van der Waals surface area contributed by atoms with Crippen molar-refractivity contribution in [2.75, 3.05) is 6.54 Å². The second-order valence-electron chi connectivity index (χ2n) is 6.39. The summed E-state index contributed by atoms with van der Waals surface area (Å²) < 4.78 is 26.8. The van der Waals surface area contributed by atoms with E-state index in [-0.39, 0.29) is 0 Å². The zero-order chi connectivity index (χ0) is 13.9. The van der Waals surface area contributed by atoms with Gasteiger partial charge in [-0.25, -0.2) is 8.42 Å². The highest BCUT2D eigenvalue weighted by atomic mass is 32.2. The van der Waals surface area contributed by atoms with Gasteiger partial charge in [-0.2, -0.15) is 0 Å². The minimum absolute atomic E-state index is 0.398. The van der Waals surface area contributed by atoms with Crippen molar-refractivity contribution < 1.29 is 8.42 Å². The molecule has 106 valence electrons. The van der Waals surface area contributed by atoms with Gasteiger partial charge in [0.15, 0.2) is 0 Å². The molecule has 0 saturated heterocycles. The van der Waals surface area contributed by atoms with Crippen molar-refractivity contribution in [2.24, 2.45) is 23.7 Å². The van der Waals surface area contributed by atoms with E-state index in [1.807, 2.05) is 19.1 Å². The number of allylic oxidation sites excluding steroid dienone is 1. The van der Waals surface area contributed by atoms with Crippen LogP contribution >= 0.6 is 0 Å². The molecule has 2 aliphatic carbocycles. The highest BCUT2D eigenvalue weighted by Gasteiger charge is 2.57. The van der Waals surface area contributed by atoms with E-state index in [1.165, 1.54) is 12.8 Å². The minimum Gasteiger partial charge on any atom is -0.273 e. The van der Waals surface area contributed by atoms with Crippen molar-refractivity contribution in [3.8, 4) is 0 Å². The molecule has 1 heterocycles. The molecule has 4 heteroatoms. The molecule has 2 saturated carbocycles. The predicted octanol–water partition coefficient (Wildman–Crippen LogP) is 2.79. The molecule has 0 radical (unpaired) electrons. The molecule has 0 spiro atoms. The second-order valence-corrected chi connectivity index (χ2v) is 8.28. The van der Waals surface area contributed by atoms with Gasteiger partial charge in [-0.15, -0.1) is 0 Å². The second kappa shape index (κ2) is 4.10. The van der Waals surface area contributed by atoms with Crippen LogP contribution in [0.5, 0.6) is 0 Å². The standard InChI is InChI=1S/C16H19NO2S/c1-11-2-6-13(7-3-11)20(18,19)17-9-8-14-15(10-17)16(14)12-4-5-12/h2-3,6-9,12,14-16H,4-5,10H2,1H3.